The summed E-state index contributed by atoms with van der Waals surface area (Å²) in [5, 5.41) is 39.5. The zero-order valence-corrected chi connectivity index (χ0v) is 36.5. The Morgan fingerprint density at radius 2 is 1.71 bits per heavy atom. The molecule has 2 N–H and O–H groups in total. The summed E-state index contributed by atoms with van der Waals surface area (Å²) in [6.45, 7) is 6.87. The number of carbonyl (C=O) groups excluding carboxylic acids is 4. The molecule has 1 aliphatic carbocycles. The van der Waals surface area contributed by atoms with Crippen LogP contribution in [0.1, 0.15) is 76.0 Å². The predicted octanol–water partition coefficient (Wildman–Crippen LogP) is 3.09. The van der Waals surface area contributed by atoms with Crippen molar-refractivity contribution in [2.75, 3.05) is 59.0 Å². The third-order valence-electron chi connectivity index (χ3n) is 16.1. The maximum absolute atomic E-state index is 15.5. The van der Waals surface area contributed by atoms with Crippen LogP contribution >= 0.6 is 0 Å². The van der Waals surface area contributed by atoms with E-state index in [0.29, 0.717) is 68.7 Å². The molecule has 0 radical (unpaired) electrons. The average Bonchev–Trinajstić information content (AvgIpc) is 3.94. The summed E-state index contributed by atoms with van der Waals surface area (Å²) in [6.07, 6.45) is 4.01. The Labute approximate surface area is 365 Å². The molecule has 1 amide bonds. The number of para-hydroxylation sites is 1. The van der Waals surface area contributed by atoms with E-state index in [-0.39, 0.29) is 53.4 Å². The molecule has 1 spiro atoms. The van der Waals surface area contributed by atoms with E-state index < -0.39 is 75.0 Å². The summed E-state index contributed by atoms with van der Waals surface area (Å²) in [5.41, 5.74) is -8.77. The molecule has 0 aromatic heterocycles. The number of nitrogens with zero attached hydrogens (tertiary/aromatic N) is 5. The first-order chi connectivity index (χ1) is 30.1. The highest BCUT2D eigenvalue weighted by atomic mass is 16.6. The lowest BCUT2D eigenvalue weighted by Crippen LogP contribution is -2.81. The van der Waals surface area contributed by atoms with E-state index >= 15 is 4.79 Å². The second kappa shape index (κ2) is 14.7. The fourth-order valence-electron chi connectivity index (χ4n) is 13.8. The number of amides is 1. The Bertz CT molecular complexity index is 2370. The third kappa shape index (κ3) is 5.39. The minimum Gasteiger partial charge on any atom is -0.496 e. The first kappa shape index (κ1) is 43.0. The fraction of sp³-hybridized carbons (Fsp3) is 0.587. The maximum Gasteiger partial charge on any atom is 0.344 e. The summed E-state index contributed by atoms with van der Waals surface area (Å²) in [7, 11) is 3.75. The van der Waals surface area contributed by atoms with Gasteiger partial charge in [0.25, 0.3) is 5.54 Å². The van der Waals surface area contributed by atoms with Gasteiger partial charge in [-0.05, 0) is 68.3 Å². The van der Waals surface area contributed by atoms with Gasteiger partial charge >= 0.3 is 17.9 Å². The molecule has 4 fully saturated rings. The Morgan fingerprint density at radius 3 is 2.37 bits per heavy atom. The molecule has 2 aromatic rings. The van der Waals surface area contributed by atoms with Gasteiger partial charge in [-0.2, -0.15) is 0 Å². The molecular weight excluding hydrogens is 815 g/mol. The predicted molar refractivity (Wildman–Crippen MR) is 226 cm³/mol. The van der Waals surface area contributed by atoms with E-state index in [1.54, 1.807) is 36.4 Å². The van der Waals surface area contributed by atoms with E-state index in [0.717, 1.165) is 7.11 Å². The van der Waals surface area contributed by atoms with Crippen molar-refractivity contribution in [3.63, 3.8) is 0 Å². The van der Waals surface area contributed by atoms with Crippen LogP contribution in [0.5, 0.6) is 5.75 Å². The summed E-state index contributed by atoms with van der Waals surface area (Å²) in [5.74, 6) is -3.00. The van der Waals surface area contributed by atoms with Crippen LogP contribution in [0, 0.1) is 21.4 Å². The highest BCUT2D eigenvalue weighted by Crippen LogP contribution is 2.68. The highest BCUT2D eigenvalue weighted by Gasteiger charge is 2.81. The average molecular weight is 870 g/mol. The maximum atomic E-state index is 15.5. The van der Waals surface area contributed by atoms with Gasteiger partial charge in [0.1, 0.15) is 16.9 Å². The van der Waals surface area contributed by atoms with Gasteiger partial charge in [-0.3, -0.25) is 34.3 Å². The van der Waals surface area contributed by atoms with Crippen LogP contribution in [0.4, 0.5) is 11.4 Å². The molecule has 1 saturated carbocycles. The Hall–Kier alpha value is -5.23. The Balaban J connectivity index is 1.39. The standard InChI is InChI=1S/C46H55N5O12/c1-7-41(56)22-28-23-44(39(54)61-5,35-45(51(58)59,16-18-48(24-28)25-41)29-12-9-10-13-32(29)47-35)31-20-30-33(21-34(31)60-4)50(26-52)37-43(30)15-19-49-17-11-14-42(8-2,36(43)49)38(63-27(3)53)46(37,57)40(55)62-6/h9-14,20-21,26,28,36-38,56-57H,7-8,15-19,22-25H2,1-6H3/t28-,36-,37+,38+,41-,42+,43?,44-,45?,46-/m0/s1. The largest absolute Gasteiger partial charge is 0.496 e. The first-order valence-electron chi connectivity index (χ1n) is 21.8. The van der Waals surface area contributed by atoms with Crippen molar-refractivity contribution in [3.05, 3.63) is 75.4 Å². The number of aliphatic hydroxyl groups is 2. The minimum absolute atomic E-state index is 0.0411. The zero-order chi connectivity index (χ0) is 45.1. The number of methoxy groups -OCH3 is 3. The van der Waals surface area contributed by atoms with Gasteiger partial charge < -0.3 is 34.1 Å². The van der Waals surface area contributed by atoms with Gasteiger partial charge in [0.2, 0.25) is 12.0 Å². The van der Waals surface area contributed by atoms with Crippen molar-refractivity contribution in [2.24, 2.45) is 16.3 Å². The van der Waals surface area contributed by atoms with Gasteiger partial charge in [-0.25, -0.2) is 9.79 Å². The highest BCUT2D eigenvalue weighted by molar-refractivity contribution is 6.19. The molecule has 2 aromatic carbocycles. The summed E-state index contributed by atoms with van der Waals surface area (Å²) in [6, 6.07) is 8.18. The number of ether oxygens (including phenoxy) is 4. The van der Waals surface area contributed by atoms with Gasteiger partial charge in [-0.15, -0.1) is 0 Å². The smallest absolute Gasteiger partial charge is 0.344 e. The SMILES string of the molecule is CC[C@]1(O)C[C@@H]2CN(CCC3([N+](=O)[O-])C(=Nc4ccccc43)[C@@](C(=O)OC)(c3cc4c(cc3OC)N(C=O)[C@@H]3C45CCN4CC=C[C@](CC)([C@H]45)[C@@H](OC(C)=O)[C@]3(O)C(=O)OC)C2)C1. The third-order valence-corrected chi connectivity index (χ3v) is 16.1. The number of nitro groups is 1. The molecule has 3 saturated heterocycles. The van der Waals surface area contributed by atoms with Gasteiger partial charge in [0.05, 0.1) is 49.9 Å². The number of esters is 3. The molecule has 6 heterocycles. The number of hydrogen-bond donors (Lipinski definition) is 2. The van der Waals surface area contributed by atoms with Crippen molar-refractivity contribution in [3.8, 4) is 5.75 Å². The van der Waals surface area contributed by atoms with E-state index in [4.69, 9.17) is 23.9 Å². The number of hydrogen-bond acceptors (Lipinski definition) is 15. The van der Waals surface area contributed by atoms with Crippen molar-refractivity contribution >= 4 is 41.4 Å². The van der Waals surface area contributed by atoms with E-state index in [1.807, 2.05) is 30.9 Å². The van der Waals surface area contributed by atoms with Crippen LogP contribution in [0.25, 0.3) is 0 Å². The summed E-state index contributed by atoms with van der Waals surface area (Å²) in [4.78, 5) is 81.1. The normalized spacial score (nSPS) is 38.3. The van der Waals surface area contributed by atoms with E-state index in [9.17, 15) is 34.7 Å². The molecule has 6 aliphatic heterocycles. The van der Waals surface area contributed by atoms with Crippen LogP contribution in [-0.4, -0.2) is 138 Å². The molecule has 17 heteroatoms. The number of anilines is 1. The molecule has 2 bridgehead atoms. The number of fused-ring (bicyclic) bond motifs is 6. The lowest BCUT2D eigenvalue weighted by molar-refractivity contribution is -0.557. The van der Waals surface area contributed by atoms with Gasteiger partial charge in [-0.1, -0.05) is 38.1 Å². The molecule has 63 heavy (non-hydrogen) atoms. The quantitative estimate of drug-likeness (QED) is 0.0927. The molecule has 11 atom stereocenters. The van der Waals surface area contributed by atoms with Crippen molar-refractivity contribution in [2.45, 2.75) is 105 Å². The van der Waals surface area contributed by atoms with E-state index in [2.05, 4.69) is 4.90 Å². The molecule has 3 unspecified atom stereocenters. The van der Waals surface area contributed by atoms with Crippen LogP contribution in [0.2, 0.25) is 0 Å². The minimum atomic E-state index is -2.63. The summed E-state index contributed by atoms with van der Waals surface area (Å²) < 4.78 is 23.4. The molecule has 336 valence electrons. The van der Waals surface area contributed by atoms with Crippen molar-refractivity contribution in [1.82, 2.24) is 9.80 Å². The Morgan fingerprint density at radius 1 is 0.968 bits per heavy atom. The Kier molecular flexibility index (Phi) is 10.0. The zero-order valence-electron chi connectivity index (χ0n) is 36.5. The van der Waals surface area contributed by atoms with Crippen molar-refractivity contribution < 1.29 is 53.3 Å². The number of carbonyl (C=O) groups is 4. The van der Waals surface area contributed by atoms with Gasteiger partial charge in [0, 0.05) is 72.9 Å². The second-order valence-corrected chi connectivity index (χ2v) is 18.7. The monoisotopic (exact) mass is 869 g/mol. The summed E-state index contributed by atoms with van der Waals surface area (Å²) >= 11 is 0. The second-order valence-electron chi connectivity index (χ2n) is 18.7. The van der Waals surface area contributed by atoms with Crippen molar-refractivity contribution in [1.29, 1.82) is 0 Å². The topological polar surface area (TPSA) is 211 Å². The molecular formula is C46H55N5O12. The lowest BCUT2D eigenvalue weighted by atomic mass is 9.47. The fourth-order valence-corrected chi connectivity index (χ4v) is 13.8. The number of piperidine rings is 1. The molecule has 17 nitrogen and oxygen atoms in total. The van der Waals surface area contributed by atoms with Crippen LogP contribution in [0.3, 0.4) is 0 Å². The number of aliphatic imine (C=N–C) groups is 1. The van der Waals surface area contributed by atoms with Crippen LogP contribution in [0.15, 0.2) is 53.5 Å². The number of rotatable bonds is 9. The number of benzene rings is 2. The first-order valence-corrected chi connectivity index (χ1v) is 21.8. The van der Waals surface area contributed by atoms with Crippen LogP contribution < -0.4 is 9.64 Å². The van der Waals surface area contributed by atoms with E-state index in [1.165, 1.54) is 26.0 Å². The van der Waals surface area contributed by atoms with Crippen LogP contribution in [-0.2, 0) is 49.8 Å². The molecule has 7 aliphatic rings. The lowest BCUT2D eigenvalue weighted by Gasteiger charge is -2.63. The van der Waals surface area contributed by atoms with Gasteiger partial charge in [0.15, 0.2) is 6.10 Å². The molecule has 9 rings (SSSR count).